The number of carboxylic acids is 1. The van der Waals surface area contributed by atoms with E-state index >= 15 is 0 Å². The first kappa shape index (κ1) is 17.1. The summed E-state index contributed by atoms with van der Waals surface area (Å²) in [6, 6.07) is 6.34. The summed E-state index contributed by atoms with van der Waals surface area (Å²) in [4.78, 5) is 11.0. The quantitative estimate of drug-likeness (QED) is 0.860. The van der Waals surface area contributed by atoms with Gasteiger partial charge in [0.25, 0.3) is 0 Å². The molecule has 0 bridgehead atoms. The number of hydrogen-bond donors (Lipinski definition) is 1. The largest absolute Gasteiger partial charge is 0.481 e. The summed E-state index contributed by atoms with van der Waals surface area (Å²) in [7, 11) is -3.82. The maximum absolute atomic E-state index is 12.6. The molecule has 1 N–H and O–H groups in total. The molecule has 6 nitrogen and oxygen atoms in total. The molecule has 21 heavy (non-hydrogen) atoms. The molecule has 1 aromatic rings. The Morgan fingerprint density at radius 2 is 2.10 bits per heavy atom. The van der Waals surface area contributed by atoms with Crippen LogP contribution in [0.15, 0.2) is 23.1 Å². The van der Waals surface area contributed by atoms with E-state index < -0.39 is 21.9 Å². The second-order valence-corrected chi connectivity index (χ2v) is 6.69. The molecule has 0 aliphatic rings. The van der Waals surface area contributed by atoms with E-state index in [0.717, 1.165) is 4.31 Å². The average molecular weight is 310 g/mol. The molecule has 0 saturated carbocycles. The summed E-state index contributed by atoms with van der Waals surface area (Å²) < 4.78 is 26.4. The average Bonchev–Trinajstić information content (AvgIpc) is 2.44. The smallest absolute Gasteiger partial charge is 0.307 e. The van der Waals surface area contributed by atoms with Gasteiger partial charge in [-0.15, -0.1) is 0 Å². The van der Waals surface area contributed by atoms with Crippen molar-refractivity contribution >= 4 is 16.0 Å². The molecule has 0 saturated heterocycles. The normalized spacial score (nSPS) is 12.9. The lowest BCUT2D eigenvalue weighted by Gasteiger charge is -2.23. The minimum atomic E-state index is -3.82. The molecule has 7 heteroatoms. The third-order valence-corrected chi connectivity index (χ3v) is 5.27. The number of rotatable bonds is 6. The zero-order chi connectivity index (χ0) is 16.2. The molecule has 1 rings (SSSR count). The van der Waals surface area contributed by atoms with Crippen molar-refractivity contribution in [3.8, 4) is 6.07 Å². The maximum Gasteiger partial charge on any atom is 0.307 e. The van der Waals surface area contributed by atoms with Crippen LogP contribution in [0.3, 0.4) is 0 Å². The van der Waals surface area contributed by atoms with Crippen LogP contribution in [0.1, 0.15) is 25.0 Å². The van der Waals surface area contributed by atoms with Crippen LogP contribution in [0.25, 0.3) is 0 Å². The van der Waals surface area contributed by atoms with E-state index in [1.54, 1.807) is 26.0 Å². The van der Waals surface area contributed by atoms with Gasteiger partial charge in [0.15, 0.2) is 0 Å². The van der Waals surface area contributed by atoms with E-state index in [0.29, 0.717) is 5.56 Å². The van der Waals surface area contributed by atoms with Gasteiger partial charge in [0.2, 0.25) is 10.0 Å². The van der Waals surface area contributed by atoms with E-state index in [2.05, 4.69) is 0 Å². The summed E-state index contributed by atoms with van der Waals surface area (Å²) in [6.07, 6.45) is 0. The van der Waals surface area contributed by atoms with Gasteiger partial charge in [-0.2, -0.15) is 9.57 Å². The lowest BCUT2D eigenvalue weighted by atomic mass is 10.2. The molecule has 0 radical (unpaired) electrons. The number of carbonyl (C=O) groups is 1. The van der Waals surface area contributed by atoms with Gasteiger partial charge < -0.3 is 5.11 Å². The van der Waals surface area contributed by atoms with Crippen LogP contribution in [0.2, 0.25) is 0 Å². The van der Waals surface area contributed by atoms with Gasteiger partial charge in [0.1, 0.15) is 0 Å². The van der Waals surface area contributed by atoms with Crippen molar-refractivity contribution in [2.75, 3.05) is 13.1 Å². The molecule has 1 aromatic carbocycles. The van der Waals surface area contributed by atoms with Crippen molar-refractivity contribution in [2.45, 2.75) is 25.7 Å². The molecule has 0 amide bonds. The Balaban J connectivity index is 3.25. The van der Waals surface area contributed by atoms with Crippen molar-refractivity contribution in [2.24, 2.45) is 5.92 Å². The summed E-state index contributed by atoms with van der Waals surface area (Å²) in [5.74, 6) is -1.86. The van der Waals surface area contributed by atoms with Crippen LogP contribution >= 0.6 is 0 Å². The van der Waals surface area contributed by atoms with Gasteiger partial charge in [-0.05, 0) is 24.6 Å². The summed E-state index contributed by atoms with van der Waals surface area (Å²) in [5.41, 5.74) is 0.775. The highest BCUT2D eigenvalue weighted by Crippen LogP contribution is 2.22. The van der Waals surface area contributed by atoms with Crippen LogP contribution in [-0.2, 0) is 14.8 Å². The van der Waals surface area contributed by atoms with Crippen molar-refractivity contribution in [1.82, 2.24) is 4.31 Å². The van der Waals surface area contributed by atoms with E-state index in [4.69, 9.17) is 10.4 Å². The van der Waals surface area contributed by atoms with Gasteiger partial charge >= 0.3 is 5.97 Å². The van der Waals surface area contributed by atoms with E-state index in [-0.39, 0.29) is 23.5 Å². The Morgan fingerprint density at radius 1 is 1.48 bits per heavy atom. The number of benzene rings is 1. The lowest BCUT2D eigenvalue weighted by molar-refractivity contribution is -0.141. The highest BCUT2D eigenvalue weighted by molar-refractivity contribution is 7.89. The zero-order valence-corrected chi connectivity index (χ0v) is 13.0. The Kier molecular flexibility index (Phi) is 5.47. The van der Waals surface area contributed by atoms with Crippen LogP contribution < -0.4 is 0 Å². The summed E-state index contributed by atoms with van der Waals surface area (Å²) in [6.45, 7) is 4.80. The number of nitrogens with zero attached hydrogens (tertiary/aromatic N) is 2. The third-order valence-electron chi connectivity index (χ3n) is 3.19. The second-order valence-electron chi connectivity index (χ2n) is 4.79. The monoisotopic (exact) mass is 310 g/mol. The van der Waals surface area contributed by atoms with Crippen LogP contribution in [0.4, 0.5) is 0 Å². The topological polar surface area (TPSA) is 98.5 Å². The van der Waals surface area contributed by atoms with Gasteiger partial charge in [-0.1, -0.05) is 19.9 Å². The fraction of sp³-hybridized carbons (Fsp3) is 0.429. The van der Waals surface area contributed by atoms with Crippen LogP contribution in [0.5, 0.6) is 0 Å². The predicted molar refractivity (Wildman–Crippen MR) is 77.1 cm³/mol. The van der Waals surface area contributed by atoms with Gasteiger partial charge in [0, 0.05) is 13.1 Å². The minimum absolute atomic E-state index is 0.0426. The van der Waals surface area contributed by atoms with Crippen molar-refractivity contribution in [3.05, 3.63) is 29.3 Å². The molecule has 0 aromatic heterocycles. The minimum Gasteiger partial charge on any atom is -0.481 e. The standard InChI is InChI=1S/C14H18N2O4S/c1-4-16(9-11(3)14(17)18)21(19,20)13-7-12(8-15)6-5-10(13)2/h5-7,11H,4,9H2,1-3H3,(H,17,18). The fourth-order valence-corrected chi connectivity index (χ4v) is 3.66. The highest BCUT2D eigenvalue weighted by Gasteiger charge is 2.28. The van der Waals surface area contributed by atoms with Crippen molar-refractivity contribution in [1.29, 1.82) is 5.26 Å². The molecule has 1 unspecified atom stereocenters. The number of nitriles is 1. The van der Waals surface area contributed by atoms with E-state index in [1.165, 1.54) is 13.0 Å². The molecular formula is C14H18N2O4S. The van der Waals surface area contributed by atoms with E-state index in [1.807, 2.05) is 6.07 Å². The Bertz CT molecular complexity index is 677. The van der Waals surface area contributed by atoms with Crippen molar-refractivity contribution < 1.29 is 18.3 Å². The molecule has 1 atom stereocenters. The van der Waals surface area contributed by atoms with Crippen LogP contribution in [0, 0.1) is 24.2 Å². The number of aryl methyl sites for hydroxylation is 1. The molecular weight excluding hydrogens is 292 g/mol. The second kappa shape index (κ2) is 6.70. The molecule has 0 aliphatic heterocycles. The predicted octanol–water partition coefficient (Wildman–Crippen LogP) is 1.60. The first-order valence-corrected chi connectivity index (χ1v) is 7.91. The van der Waals surface area contributed by atoms with Gasteiger partial charge in [0.05, 0.1) is 22.4 Å². The number of aliphatic carboxylic acids is 1. The highest BCUT2D eigenvalue weighted by atomic mass is 32.2. The molecule has 0 heterocycles. The zero-order valence-electron chi connectivity index (χ0n) is 12.2. The Morgan fingerprint density at radius 3 is 2.57 bits per heavy atom. The van der Waals surface area contributed by atoms with Crippen molar-refractivity contribution in [3.63, 3.8) is 0 Å². The Labute approximate surface area is 124 Å². The molecule has 0 spiro atoms. The maximum atomic E-state index is 12.6. The Hall–Kier alpha value is -1.91. The van der Waals surface area contributed by atoms with E-state index in [9.17, 15) is 13.2 Å². The summed E-state index contributed by atoms with van der Waals surface area (Å²) >= 11 is 0. The van der Waals surface area contributed by atoms with Gasteiger partial charge in [-0.3, -0.25) is 4.79 Å². The first-order chi connectivity index (χ1) is 9.73. The summed E-state index contributed by atoms with van der Waals surface area (Å²) in [5, 5.41) is 17.8. The molecule has 0 aliphatic carbocycles. The molecule has 0 fully saturated rings. The number of sulfonamides is 1. The SMILES string of the molecule is CCN(CC(C)C(=O)O)S(=O)(=O)c1cc(C#N)ccc1C. The van der Waals surface area contributed by atoms with Crippen LogP contribution in [-0.4, -0.2) is 36.9 Å². The third kappa shape index (κ3) is 3.80. The number of hydrogen-bond acceptors (Lipinski definition) is 4. The number of carboxylic acid groups (broad SMARTS) is 1. The lowest BCUT2D eigenvalue weighted by Crippen LogP contribution is -2.37. The fourth-order valence-electron chi connectivity index (χ4n) is 1.87. The van der Waals surface area contributed by atoms with Gasteiger partial charge in [-0.25, -0.2) is 8.42 Å². The first-order valence-electron chi connectivity index (χ1n) is 6.47. The molecule has 114 valence electrons.